The molecule has 0 fully saturated rings. The standard InChI is InChI=1S/C24H17Cl2F3N2O/c25-18-7-1-15(2-8-18)21-13-31(14-22(21)16-3-9-19(26)10-4-16)23(32)30-20-11-5-17(6-12-20)24(27,28)29/h1-13,22H,14H2,(H,30,32). The summed E-state index contributed by atoms with van der Waals surface area (Å²) in [6.45, 7) is 0.367. The van der Waals surface area contributed by atoms with Crippen LogP contribution in [0.1, 0.15) is 22.6 Å². The van der Waals surface area contributed by atoms with Crippen LogP contribution in [0.25, 0.3) is 5.57 Å². The van der Waals surface area contributed by atoms with Crippen LogP contribution in [0, 0.1) is 0 Å². The number of nitrogens with zero attached hydrogens (tertiary/aromatic N) is 1. The number of halogens is 5. The van der Waals surface area contributed by atoms with Crippen molar-refractivity contribution in [3.63, 3.8) is 0 Å². The lowest BCUT2D eigenvalue weighted by Crippen LogP contribution is -2.30. The molecule has 0 radical (unpaired) electrons. The summed E-state index contributed by atoms with van der Waals surface area (Å²) in [6, 6.07) is 18.6. The maximum Gasteiger partial charge on any atom is 0.416 e. The zero-order valence-electron chi connectivity index (χ0n) is 16.5. The van der Waals surface area contributed by atoms with Gasteiger partial charge in [-0.1, -0.05) is 47.5 Å². The zero-order valence-corrected chi connectivity index (χ0v) is 18.0. The predicted molar refractivity (Wildman–Crippen MR) is 121 cm³/mol. The van der Waals surface area contributed by atoms with E-state index in [1.807, 2.05) is 24.3 Å². The van der Waals surface area contributed by atoms with E-state index in [-0.39, 0.29) is 11.6 Å². The molecule has 0 aliphatic carbocycles. The van der Waals surface area contributed by atoms with E-state index in [2.05, 4.69) is 5.32 Å². The summed E-state index contributed by atoms with van der Waals surface area (Å²) >= 11 is 12.0. The van der Waals surface area contributed by atoms with Crippen LogP contribution in [-0.4, -0.2) is 17.5 Å². The van der Waals surface area contributed by atoms with E-state index in [1.165, 1.54) is 17.0 Å². The van der Waals surface area contributed by atoms with Crippen molar-refractivity contribution in [1.29, 1.82) is 0 Å². The number of alkyl halides is 3. The molecule has 1 unspecified atom stereocenters. The fourth-order valence-electron chi connectivity index (χ4n) is 3.58. The van der Waals surface area contributed by atoms with E-state index < -0.39 is 17.8 Å². The Labute approximate surface area is 193 Å². The zero-order chi connectivity index (χ0) is 22.9. The molecule has 0 spiro atoms. The van der Waals surface area contributed by atoms with Crippen molar-refractivity contribution in [3.8, 4) is 0 Å². The van der Waals surface area contributed by atoms with Crippen LogP contribution in [0.15, 0.2) is 79.0 Å². The minimum Gasteiger partial charge on any atom is -0.308 e. The summed E-state index contributed by atoms with van der Waals surface area (Å²) in [5.41, 5.74) is 2.33. The van der Waals surface area contributed by atoms with Crippen molar-refractivity contribution in [2.24, 2.45) is 0 Å². The summed E-state index contributed by atoms with van der Waals surface area (Å²) in [6.07, 6.45) is -2.68. The lowest BCUT2D eigenvalue weighted by Gasteiger charge is -2.19. The highest BCUT2D eigenvalue weighted by atomic mass is 35.5. The fourth-order valence-corrected chi connectivity index (χ4v) is 3.84. The smallest absolute Gasteiger partial charge is 0.308 e. The molecule has 4 rings (SSSR count). The number of carbonyl (C=O) groups excluding carboxylic acids is 1. The lowest BCUT2D eigenvalue weighted by molar-refractivity contribution is -0.137. The van der Waals surface area contributed by atoms with Gasteiger partial charge < -0.3 is 5.32 Å². The minimum absolute atomic E-state index is 0.105. The summed E-state index contributed by atoms with van der Waals surface area (Å²) in [5.74, 6) is -0.105. The van der Waals surface area contributed by atoms with Gasteiger partial charge in [-0.3, -0.25) is 4.90 Å². The van der Waals surface area contributed by atoms with E-state index in [0.29, 0.717) is 16.6 Å². The molecule has 2 amide bonds. The van der Waals surface area contributed by atoms with Crippen LogP contribution in [0.4, 0.5) is 23.7 Å². The van der Waals surface area contributed by atoms with Gasteiger partial charge in [-0.05, 0) is 65.2 Å². The average molecular weight is 477 g/mol. The number of benzene rings is 3. The first kappa shape index (κ1) is 22.2. The van der Waals surface area contributed by atoms with Gasteiger partial charge in [0.2, 0.25) is 0 Å². The Bertz CT molecular complexity index is 1140. The highest BCUT2D eigenvalue weighted by Crippen LogP contribution is 2.39. The van der Waals surface area contributed by atoms with Crippen molar-refractivity contribution in [3.05, 3.63) is 106 Å². The molecule has 0 saturated carbocycles. The van der Waals surface area contributed by atoms with Crippen LogP contribution in [0.5, 0.6) is 0 Å². The average Bonchev–Trinajstić information content (AvgIpc) is 3.20. The molecule has 0 aromatic heterocycles. The minimum atomic E-state index is -4.43. The first-order valence-electron chi connectivity index (χ1n) is 9.69. The molecule has 164 valence electrons. The van der Waals surface area contributed by atoms with Crippen molar-refractivity contribution < 1.29 is 18.0 Å². The Morgan fingerprint density at radius 1 is 0.875 bits per heavy atom. The quantitative estimate of drug-likeness (QED) is 0.412. The normalized spacial score (nSPS) is 16.1. The topological polar surface area (TPSA) is 32.3 Å². The second-order valence-electron chi connectivity index (χ2n) is 7.35. The van der Waals surface area contributed by atoms with Crippen molar-refractivity contribution in [1.82, 2.24) is 4.90 Å². The lowest BCUT2D eigenvalue weighted by atomic mass is 9.89. The molecule has 1 atom stereocenters. The third-order valence-corrected chi connectivity index (χ3v) is 5.73. The number of hydrogen-bond donors (Lipinski definition) is 1. The third-order valence-electron chi connectivity index (χ3n) is 5.22. The molecule has 3 aromatic carbocycles. The van der Waals surface area contributed by atoms with Gasteiger partial charge in [-0.15, -0.1) is 0 Å². The molecule has 0 bridgehead atoms. The molecule has 1 N–H and O–H groups in total. The van der Waals surface area contributed by atoms with Crippen LogP contribution < -0.4 is 5.32 Å². The van der Waals surface area contributed by atoms with E-state index in [1.54, 1.807) is 30.5 Å². The molecular weight excluding hydrogens is 460 g/mol. The van der Waals surface area contributed by atoms with Gasteiger partial charge in [0.05, 0.1) is 5.56 Å². The van der Waals surface area contributed by atoms with Gasteiger partial charge in [0, 0.05) is 34.4 Å². The van der Waals surface area contributed by atoms with E-state index in [0.717, 1.165) is 28.8 Å². The van der Waals surface area contributed by atoms with Crippen molar-refractivity contribution in [2.45, 2.75) is 12.1 Å². The SMILES string of the molecule is O=C(Nc1ccc(C(F)(F)F)cc1)N1C=C(c2ccc(Cl)cc2)C(c2ccc(Cl)cc2)C1. The van der Waals surface area contributed by atoms with Gasteiger partial charge in [0.25, 0.3) is 0 Å². The summed E-state index contributed by atoms with van der Waals surface area (Å²) < 4.78 is 38.3. The maximum absolute atomic E-state index is 12.9. The Hall–Kier alpha value is -2.96. The number of hydrogen-bond acceptors (Lipinski definition) is 1. The molecule has 1 aliphatic heterocycles. The molecule has 1 heterocycles. The maximum atomic E-state index is 12.9. The molecule has 1 aliphatic rings. The van der Waals surface area contributed by atoms with Crippen LogP contribution in [-0.2, 0) is 6.18 Å². The molecule has 0 saturated heterocycles. The highest BCUT2D eigenvalue weighted by molar-refractivity contribution is 6.30. The van der Waals surface area contributed by atoms with E-state index in [9.17, 15) is 18.0 Å². The second kappa shape index (κ2) is 8.88. The molecule has 3 nitrogen and oxygen atoms in total. The Morgan fingerprint density at radius 2 is 1.44 bits per heavy atom. The van der Waals surface area contributed by atoms with Gasteiger partial charge in [-0.25, -0.2) is 4.79 Å². The number of nitrogens with one attached hydrogen (secondary N) is 1. The Kier molecular flexibility index (Phi) is 6.17. The van der Waals surface area contributed by atoms with Crippen molar-refractivity contribution in [2.75, 3.05) is 11.9 Å². The molecule has 3 aromatic rings. The van der Waals surface area contributed by atoms with Gasteiger partial charge in [0.15, 0.2) is 0 Å². The highest BCUT2D eigenvalue weighted by Gasteiger charge is 2.31. The number of amides is 2. The summed E-state index contributed by atoms with van der Waals surface area (Å²) in [5, 5.41) is 3.87. The van der Waals surface area contributed by atoms with Gasteiger partial charge in [-0.2, -0.15) is 13.2 Å². The first-order valence-corrected chi connectivity index (χ1v) is 10.4. The molecular formula is C24H17Cl2F3N2O. The number of anilines is 1. The first-order chi connectivity index (χ1) is 15.2. The Balaban J connectivity index is 1.58. The summed E-state index contributed by atoms with van der Waals surface area (Å²) in [7, 11) is 0. The predicted octanol–water partition coefficient (Wildman–Crippen LogP) is 7.68. The second-order valence-corrected chi connectivity index (χ2v) is 8.23. The molecule has 32 heavy (non-hydrogen) atoms. The van der Waals surface area contributed by atoms with Gasteiger partial charge >= 0.3 is 12.2 Å². The number of carbonyl (C=O) groups is 1. The van der Waals surface area contributed by atoms with Gasteiger partial charge in [0.1, 0.15) is 0 Å². The monoisotopic (exact) mass is 476 g/mol. The van der Waals surface area contributed by atoms with Crippen LogP contribution >= 0.6 is 23.2 Å². The third kappa shape index (κ3) is 4.92. The van der Waals surface area contributed by atoms with E-state index in [4.69, 9.17) is 23.2 Å². The molecule has 8 heteroatoms. The van der Waals surface area contributed by atoms with Crippen LogP contribution in [0.3, 0.4) is 0 Å². The van der Waals surface area contributed by atoms with E-state index >= 15 is 0 Å². The Morgan fingerprint density at radius 3 is 2.00 bits per heavy atom. The fraction of sp³-hybridized carbons (Fsp3) is 0.125. The van der Waals surface area contributed by atoms with Crippen LogP contribution in [0.2, 0.25) is 10.0 Å². The number of urea groups is 1. The largest absolute Gasteiger partial charge is 0.416 e. The number of rotatable bonds is 3. The van der Waals surface area contributed by atoms with Crippen molar-refractivity contribution >= 4 is 40.5 Å². The summed E-state index contributed by atoms with van der Waals surface area (Å²) in [4.78, 5) is 14.4.